The van der Waals surface area contributed by atoms with Gasteiger partial charge in [-0.25, -0.2) is 13.1 Å². The van der Waals surface area contributed by atoms with Gasteiger partial charge in [0.2, 0.25) is 10.0 Å². The predicted molar refractivity (Wildman–Crippen MR) is 76.8 cm³/mol. The van der Waals surface area contributed by atoms with Crippen molar-refractivity contribution in [1.29, 1.82) is 0 Å². The van der Waals surface area contributed by atoms with Gasteiger partial charge in [0.15, 0.2) is 0 Å². The first kappa shape index (κ1) is 16.2. The predicted octanol–water partition coefficient (Wildman–Crippen LogP) is 1.95. The number of hydrogen-bond acceptors (Lipinski definition) is 5. The van der Waals surface area contributed by atoms with Crippen LogP contribution < -0.4 is 4.72 Å². The fraction of sp³-hybridized carbons (Fsp3) is 0.500. The molecule has 0 radical (unpaired) electrons. The number of non-ortho nitro benzene ring substituents is 1. The normalized spacial score (nSPS) is 19.4. The van der Waals surface area contributed by atoms with Gasteiger partial charge in [0.05, 0.1) is 16.6 Å². The first-order valence-corrected chi connectivity index (χ1v) is 8.27. The smallest absolute Gasteiger partial charge is 0.270 e. The van der Waals surface area contributed by atoms with Gasteiger partial charge < -0.3 is 4.74 Å². The van der Waals surface area contributed by atoms with E-state index in [2.05, 4.69) is 4.72 Å². The largest absolute Gasteiger partial charge is 0.381 e. The van der Waals surface area contributed by atoms with Gasteiger partial charge in [-0.2, -0.15) is 0 Å². The topological polar surface area (TPSA) is 98.5 Å². The molecule has 0 bridgehead atoms. The fourth-order valence-electron chi connectivity index (χ4n) is 2.09. The van der Waals surface area contributed by atoms with E-state index < -0.39 is 14.9 Å². The molecule has 0 amide bonds. The summed E-state index contributed by atoms with van der Waals surface area (Å²) in [6.07, 6.45) is 1.77. The lowest BCUT2D eigenvalue weighted by atomic mass is 10.0. The standard InChI is InChI=1S/C12H15ClN2O5S/c13-11-4-3-10(15(16)17)6-12(11)21(18,19)14-7-9-2-1-5-20-8-9/h3-4,6,9,14H,1-2,5,7-8H2. The SMILES string of the molecule is O=[N+]([O-])c1ccc(Cl)c(S(=O)(=O)NCC2CCCOC2)c1. The Morgan fingerprint density at radius 3 is 2.86 bits per heavy atom. The number of rotatable bonds is 5. The van der Waals surface area contributed by atoms with Crippen molar-refractivity contribution in [3.05, 3.63) is 33.3 Å². The van der Waals surface area contributed by atoms with Gasteiger partial charge in [-0.05, 0) is 24.8 Å². The fourth-order valence-corrected chi connectivity index (χ4v) is 3.72. The average Bonchev–Trinajstić information content (AvgIpc) is 2.46. The van der Waals surface area contributed by atoms with Gasteiger partial charge >= 0.3 is 0 Å². The van der Waals surface area contributed by atoms with E-state index in [1.165, 1.54) is 6.07 Å². The first-order valence-electron chi connectivity index (χ1n) is 6.41. The number of hydrogen-bond donors (Lipinski definition) is 1. The number of nitro groups is 1. The number of benzene rings is 1. The number of halogens is 1. The molecule has 1 fully saturated rings. The van der Waals surface area contributed by atoms with Crippen LogP contribution in [0.3, 0.4) is 0 Å². The molecule has 7 nitrogen and oxygen atoms in total. The Labute approximate surface area is 127 Å². The Hall–Kier alpha value is -1.22. The molecule has 1 heterocycles. The zero-order valence-corrected chi connectivity index (χ0v) is 12.7. The maximum absolute atomic E-state index is 12.2. The monoisotopic (exact) mass is 334 g/mol. The molecule has 1 N–H and O–H groups in total. The number of ether oxygens (including phenoxy) is 1. The molecule has 1 aliphatic rings. The Kier molecular flexibility index (Phi) is 5.15. The van der Waals surface area contributed by atoms with Gasteiger partial charge in [0.25, 0.3) is 5.69 Å². The van der Waals surface area contributed by atoms with Crippen LogP contribution in [0.4, 0.5) is 5.69 Å². The second-order valence-corrected chi connectivity index (χ2v) is 6.95. The molecule has 2 rings (SSSR count). The summed E-state index contributed by atoms with van der Waals surface area (Å²) in [6.45, 7) is 1.42. The van der Waals surface area contributed by atoms with Crippen molar-refractivity contribution >= 4 is 27.3 Å². The molecular formula is C12H15ClN2O5S. The van der Waals surface area contributed by atoms with Gasteiger partial charge in [-0.3, -0.25) is 10.1 Å². The third-order valence-electron chi connectivity index (χ3n) is 3.23. The van der Waals surface area contributed by atoms with Crippen LogP contribution in [0.5, 0.6) is 0 Å². The Balaban J connectivity index is 2.14. The lowest BCUT2D eigenvalue weighted by Gasteiger charge is -2.22. The van der Waals surface area contributed by atoms with Crippen molar-refractivity contribution in [2.24, 2.45) is 5.92 Å². The minimum absolute atomic E-state index is 0.0482. The summed E-state index contributed by atoms with van der Waals surface area (Å²) < 4.78 is 32.1. The highest BCUT2D eigenvalue weighted by Gasteiger charge is 2.23. The molecule has 1 atom stereocenters. The van der Waals surface area contributed by atoms with E-state index in [-0.39, 0.29) is 28.1 Å². The minimum Gasteiger partial charge on any atom is -0.381 e. The van der Waals surface area contributed by atoms with Gasteiger partial charge in [0.1, 0.15) is 4.90 Å². The summed E-state index contributed by atoms with van der Waals surface area (Å²) in [5.41, 5.74) is -0.319. The van der Waals surface area contributed by atoms with E-state index in [4.69, 9.17) is 16.3 Å². The van der Waals surface area contributed by atoms with E-state index >= 15 is 0 Å². The van der Waals surface area contributed by atoms with Gasteiger partial charge in [-0.15, -0.1) is 0 Å². The number of sulfonamides is 1. The van der Waals surface area contributed by atoms with Crippen molar-refractivity contribution in [3.8, 4) is 0 Å². The van der Waals surface area contributed by atoms with E-state index in [0.717, 1.165) is 25.0 Å². The van der Waals surface area contributed by atoms with E-state index in [0.29, 0.717) is 13.2 Å². The summed E-state index contributed by atoms with van der Waals surface area (Å²) in [5, 5.41) is 10.7. The highest BCUT2D eigenvalue weighted by Crippen LogP contribution is 2.26. The lowest BCUT2D eigenvalue weighted by Crippen LogP contribution is -2.33. The zero-order chi connectivity index (χ0) is 15.5. The summed E-state index contributed by atoms with van der Waals surface area (Å²) in [7, 11) is -3.89. The van der Waals surface area contributed by atoms with E-state index in [9.17, 15) is 18.5 Å². The van der Waals surface area contributed by atoms with Crippen molar-refractivity contribution in [2.75, 3.05) is 19.8 Å². The molecule has 1 saturated heterocycles. The van der Waals surface area contributed by atoms with Crippen LogP contribution in [0, 0.1) is 16.0 Å². The molecule has 9 heteroatoms. The maximum Gasteiger partial charge on any atom is 0.270 e. The molecule has 1 aromatic rings. The lowest BCUT2D eigenvalue weighted by molar-refractivity contribution is -0.385. The highest BCUT2D eigenvalue weighted by atomic mass is 35.5. The van der Waals surface area contributed by atoms with Crippen LogP contribution in [-0.2, 0) is 14.8 Å². The molecule has 0 saturated carbocycles. The molecule has 21 heavy (non-hydrogen) atoms. The Bertz CT molecular complexity index is 629. The van der Waals surface area contributed by atoms with Gasteiger partial charge in [0, 0.05) is 25.3 Å². The molecule has 1 unspecified atom stereocenters. The second kappa shape index (κ2) is 6.69. The summed E-state index contributed by atoms with van der Waals surface area (Å²) >= 11 is 5.84. The minimum atomic E-state index is -3.89. The van der Waals surface area contributed by atoms with Crippen LogP contribution in [0.1, 0.15) is 12.8 Å². The number of nitro benzene ring substituents is 1. The van der Waals surface area contributed by atoms with E-state index in [1.54, 1.807) is 0 Å². The molecular weight excluding hydrogens is 320 g/mol. The molecule has 0 aliphatic carbocycles. The maximum atomic E-state index is 12.2. The van der Waals surface area contributed by atoms with Crippen LogP contribution in [0.2, 0.25) is 5.02 Å². The number of nitrogens with one attached hydrogen (secondary N) is 1. The van der Waals surface area contributed by atoms with Crippen molar-refractivity contribution in [2.45, 2.75) is 17.7 Å². The third-order valence-corrected chi connectivity index (χ3v) is 5.14. The van der Waals surface area contributed by atoms with Crippen LogP contribution in [0.15, 0.2) is 23.1 Å². The summed E-state index contributed by atoms with van der Waals surface area (Å²) in [4.78, 5) is 9.78. The van der Waals surface area contributed by atoms with Crippen molar-refractivity contribution in [1.82, 2.24) is 4.72 Å². The van der Waals surface area contributed by atoms with E-state index in [1.807, 2.05) is 0 Å². The van der Waals surface area contributed by atoms with Gasteiger partial charge in [-0.1, -0.05) is 11.6 Å². The Morgan fingerprint density at radius 2 is 2.24 bits per heavy atom. The molecule has 0 spiro atoms. The zero-order valence-electron chi connectivity index (χ0n) is 11.1. The van der Waals surface area contributed by atoms with Crippen molar-refractivity contribution < 1.29 is 18.1 Å². The molecule has 1 aromatic carbocycles. The summed E-state index contributed by atoms with van der Waals surface area (Å²) in [5.74, 6) is 0.103. The highest BCUT2D eigenvalue weighted by molar-refractivity contribution is 7.89. The van der Waals surface area contributed by atoms with Crippen LogP contribution in [-0.4, -0.2) is 33.1 Å². The molecule has 0 aromatic heterocycles. The summed E-state index contributed by atoms with van der Waals surface area (Å²) in [6, 6.07) is 3.33. The average molecular weight is 335 g/mol. The second-order valence-electron chi connectivity index (χ2n) is 4.81. The number of nitrogens with zero attached hydrogens (tertiary/aromatic N) is 1. The quantitative estimate of drug-likeness (QED) is 0.655. The molecule has 116 valence electrons. The van der Waals surface area contributed by atoms with Crippen LogP contribution in [0.25, 0.3) is 0 Å². The first-order chi connectivity index (χ1) is 9.90. The van der Waals surface area contributed by atoms with Crippen LogP contribution >= 0.6 is 11.6 Å². The van der Waals surface area contributed by atoms with Crippen molar-refractivity contribution in [3.63, 3.8) is 0 Å². The third kappa shape index (κ3) is 4.13. The molecule has 1 aliphatic heterocycles. The Morgan fingerprint density at radius 1 is 1.48 bits per heavy atom.